The van der Waals surface area contributed by atoms with Crippen LogP contribution in [0.5, 0.6) is 0 Å². The minimum absolute atomic E-state index is 0.0432. The van der Waals surface area contributed by atoms with Crippen molar-refractivity contribution in [1.82, 2.24) is 25.6 Å². The summed E-state index contributed by atoms with van der Waals surface area (Å²) in [5.74, 6) is -0.330. The maximum Gasteiger partial charge on any atom is 0.274 e. The minimum atomic E-state index is -0.415. The van der Waals surface area contributed by atoms with Gasteiger partial charge in [-0.1, -0.05) is 17.3 Å². The second kappa shape index (κ2) is 7.83. The monoisotopic (exact) mass is 372 g/mol. The molecule has 1 aromatic carbocycles. The first-order valence-corrected chi connectivity index (χ1v) is 9.06. The lowest BCUT2D eigenvalue weighted by molar-refractivity contribution is -0.385. The van der Waals surface area contributed by atoms with Crippen LogP contribution in [0.2, 0.25) is 0 Å². The predicted molar refractivity (Wildman–Crippen MR) is 99.6 cm³/mol. The van der Waals surface area contributed by atoms with E-state index in [1.54, 1.807) is 26.0 Å². The molecule has 0 radical (unpaired) electrons. The van der Waals surface area contributed by atoms with Crippen LogP contribution in [-0.4, -0.2) is 38.9 Å². The van der Waals surface area contributed by atoms with Crippen LogP contribution in [0.15, 0.2) is 18.2 Å². The summed E-state index contributed by atoms with van der Waals surface area (Å²) in [5.41, 5.74) is 2.33. The van der Waals surface area contributed by atoms with E-state index >= 15 is 0 Å². The minimum Gasteiger partial charge on any atom is -0.344 e. The second-order valence-corrected chi connectivity index (χ2v) is 6.95. The topological polar surface area (TPSA) is 115 Å². The van der Waals surface area contributed by atoms with Crippen molar-refractivity contribution in [1.29, 1.82) is 0 Å². The number of nitro groups is 1. The second-order valence-electron chi connectivity index (χ2n) is 6.95. The van der Waals surface area contributed by atoms with Gasteiger partial charge in [-0.2, -0.15) is 0 Å². The molecule has 0 spiro atoms. The van der Waals surface area contributed by atoms with E-state index in [0.29, 0.717) is 16.8 Å². The first kappa shape index (κ1) is 19.0. The van der Waals surface area contributed by atoms with Gasteiger partial charge in [-0.3, -0.25) is 14.9 Å². The van der Waals surface area contributed by atoms with Crippen LogP contribution >= 0.6 is 0 Å². The summed E-state index contributed by atoms with van der Waals surface area (Å²) in [6.07, 6.45) is 1.91. The molecule has 27 heavy (non-hydrogen) atoms. The van der Waals surface area contributed by atoms with Crippen LogP contribution in [0.25, 0.3) is 0 Å². The van der Waals surface area contributed by atoms with Crippen molar-refractivity contribution in [3.8, 4) is 0 Å². The number of hydrogen-bond acceptors (Lipinski definition) is 6. The molecule has 9 nitrogen and oxygen atoms in total. The third-order valence-electron chi connectivity index (χ3n) is 5.07. The third kappa shape index (κ3) is 3.97. The van der Waals surface area contributed by atoms with Crippen molar-refractivity contribution in [3.05, 3.63) is 50.8 Å². The zero-order valence-electron chi connectivity index (χ0n) is 15.7. The summed E-state index contributed by atoms with van der Waals surface area (Å²) in [5, 5.41) is 25.5. The van der Waals surface area contributed by atoms with E-state index in [1.165, 1.54) is 6.07 Å². The number of amides is 1. The van der Waals surface area contributed by atoms with Crippen LogP contribution in [-0.2, 0) is 0 Å². The van der Waals surface area contributed by atoms with Gasteiger partial charge >= 0.3 is 0 Å². The number of piperidine rings is 1. The van der Waals surface area contributed by atoms with Crippen LogP contribution in [0.3, 0.4) is 0 Å². The van der Waals surface area contributed by atoms with Gasteiger partial charge in [0.05, 0.1) is 22.7 Å². The number of carbonyl (C=O) groups is 1. The summed E-state index contributed by atoms with van der Waals surface area (Å²) >= 11 is 0. The molecular formula is C18H24N6O3. The van der Waals surface area contributed by atoms with Gasteiger partial charge in [-0.05, 0) is 52.3 Å². The van der Waals surface area contributed by atoms with Gasteiger partial charge in [0.1, 0.15) is 0 Å². The smallest absolute Gasteiger partial charge is 0.274 e. The predicted octanol–water partition coefficient (Wildman–Crippen LogP) is 2.22. The first-order valence-electron chi connectivity index (χ1n) is 9.06. The van der Waals surface area contributed by atoms with Gasteiger partial charge in [0.2, 0.25) is 0 Å². The standard InChI is InChI=1S/C18H24N6O3/c1-11-4-5-14(10-16(11)24(26)27)12(2)20-18(25)17-13(3)23(22-21-17)15-6-8-19-9-7-15/h4-5,10,12,15,19H,6-9H2,1-3H3,(H,20,25). The number of nitrogens with one attached hydrogen (secondary N) is 2. The molecule has 144 valence electrons. The summed E-state index contributed by atoms with van der Waals surface area (Å²) in [6, 6.07) is 4.83. The molecule has 1 atom stereocenters. The maximum absolute atomic E-state index is 12.7. The van der Waals surface area contributed by atoms with Crippen LogP contribution < -0.4 is 10.6 Å². The van der Waals surface area contributed by atoms with Gasteiger partial charge in [-0.25, -0.2) is 4.68 Å². The Morgan fingerprint density at radius 3 is 2.74 bits per heavy atom. The molecule has 0 aliphatic carbocycles. The van der Waals surface area contributed by atoms with Gasteiger partial charge in [0.15, 0.2) is 5.69 Å². The molecule has 1 fully saturated rings. The molecule has 1 aliphatic rings. The highest BCUT2D eigenvalue weighted by Gasteiger charge is 2.24. The Kier molecular flexibility index (Phi) is 5.50. The normalized spacial score (nSPS) is 16.1. The van der Waals surface area contributed by atoms with E-state index in [2.05, 4.69) is 20.9 Å². The highest BCUT2D eigenvalue weighted by molar-refractivity contribution is 5.93. The number of nitrogens with zero attached hydrogens (tertiary/aromatic N) is 4. The largest absolute Gasteiger partial charge is 0.344 e. The summed E-state index contributed by atoms with van der Waals surface area (Å²) in [4.78, 5) is 23.4. The summed E-state index contributed by atoms with van der Waals surface area (Å²) in [6.45, 7) is 7.17. The Morgan fingerprint density at radius 1 is 1.37 bits per heavy atom. The number of aryl methyl sites for hydroxylation is 1. The quantitative estimate of drug-likeness (QED) is 0.614. The number of aromatic nitrogens is 3. The molecule has 0 saturated carbocycles. The Labute approximate surface area is 157 Å². The van der Waals surface area contributed by atoms with Gasteiger partial charge in [-0.15, -0.1) is 5.10 Å². The van der Waals surface area contributed by atoms with Crippen molar-refractivity contribution < 1.29 is 9.72 Å². The summed E-state index contributed by atoms with van der Waals surface area (Å²) in [7, 11) is 0. The van der Waals surface area contributed by atoms with Crippen LogP contribution in [0.4, 0.5) is 5.69 Å². The molecule has 1 amide bonds. The van der Waals surface area contributed by atoms with Crippen molar-refractivity contribution in [2.24, 2.45) is 0 Å². The Morgan fingerprint density at radius 2 is 2.07 bits per heavy atom. The average Bonchev–Trinajstić information content (AvgIpc) is 3.04. The number of rotatable bonds is 5. The molecule has 1 aromatic heterocycles. The fourth-order valence-electron chi connectivity index (χ4n) is 3.39. The average molecular weight is 372 g/mol. The number of carbonyl (C=O) groups excluding carboxylic acids is 1. The Balaban J connectivity index is 1.74. The maximum atomic E-state index is 12.7. The molecule has 1 unspecified atom stereocenters. The van der Waals surface area contributed by atoms with Gasteiger partial charge in [0, 0.05) is 11.6 Å². The van der Waals surface area contributed by atoms with Crippen molar-refractivity contribution in [2.75, 3.05) is 13.1 Å². The van der Waals surface area contributed by atoms with E-state index in [9.17, 15) is 14.9 Å². The molecular weight excluding hydrogens is 348 g/mol. The van der Waals surface area contributed by atoms with E-state index < -0.39 is 4.92 Å². The molecule has 3 rings (SSSR count). The van der Waals surface area contributed by atoms with E-state index in [-0.39, 0.29) is 23.7 Å². The zero-order valence-corrected chi connectivity index (χ0v) is 15.7. The molecule has 9 heteroatoms. The molecule has 1 aliphatic heterocycles. The number of benzene rings is 1. The highest BCUT2D eigenvalue weighted by Crippen LogP contribution is 2.24. The first-order chi connectivity index (χ1) is 12.9. The van der Waals surface area contributed by atoms with Crippen LogP contribution in [0, 0.1) is 24.0 Å². The van der Waals surface area contributed by atoms with Crippen LogP contribution in [0.1, 0.15) is 59.2 Å². The fraction of sp³-hybridized carbons (Fsp3) is 0.500. The van der Waals surface area contributed by atoms with E-state index in [4.69, 9.17) is 0 Å². The van der Waals surface area contributed by atoms with E-state index in [1.807, 2.05) is 11.6 Å². The number of hydrogen-bond donors (Lipinski definition) is 2. The molecule has 0 bridgehead atoms. The molecule has 2 heterocycles. The Bertz CT molecular complexity index is 857. The molecule has 2 aromatic rings. The molecule has 2 N–H and O–H groups in total. The number of nitro benzene ring substituents is 1. The van der Waals surface area contributed by atoms with Crippen molar-refractivity contribution in [2.45, 2.75) is 45.7 Å². The van der Waals surface area contributed by atoms with Gasteiger partial charge in [0.25, 0.3) is 11.6 Å². The Hall–Kier alpha value is -2.81. The van der Waals surface area contributed by atoms with Crippen molar-refractivity contribution in [3.63, 3.8) is 0 Å². The van der Waals surface area contributed by atoms with Gasteiger partial charge < -0.3 is 10.6 Å². The van der Waals surface area contributed by atoms with E-state index in [0.717, 1.165) is 31.6 Å². The molecule has 1 saturated heterocycles. The van der Waals surface area contributed by atoms with Crippen molar-refractivity contribution >= 4 is 11.6 Å². The third-order valence-corrected chi connectivity index (χ3v) is 5.07. The fourth-order valence-corrected chi connectivity index (χ4v) is 3.39. The SMILES string of the molecule is Cc1ccc(C(C)NC(=O)c2nnn(C3CCNCC3)c2C)cc1[N+](=O)[O-]. The lowest BCUT2D eigenvalue weighted by Gasteiger charge is -2.23. The zero-order chi connectivity index (χ0) is 19.6. The lowest BCUT2D eigenvalue weighted by atomic mass is 10.0. The lowest BCUT2D eigenvalue weighted by Crippen LogP contribution is -2.31. The highest BCUT2D eigenvalue weighted by atomic mass is 16.6. The summed E-state index contributed by atoms with van der Waals surface area (Å²) < 4.78 is 1.83.